The lowest BCUT2D eigenvalue weighted by Gasteiger charge is -2.03. The highest BCUT2D eigenvalue weighted by Crippen LogP contribution is 2.18. The molecule has 0 atom stereocenters. The molecular weight excluding hydrogens is 281 g/mol. The quantitative estimate of drug-likeness (QED) is 0.888. The van der Waals surface area contributed by atoms with E-state index in [1.54, 1.807) is 0 Å². The molecule has 1 aromatic heterocycles. The number of rotatable bonds is 2. The normalized spacial score (nSPS) is 11.3. The van der Waals surface area contributed by atoms with Crippen molar-refractivity contribution in [3.8, 4) is 0 Å². The molecule has 0 aliphatic rings. The van der Waals surface area contributed by atoms with Gasteiger partial charge in [-0.1, -0.05) is 11.6 Å². The fourth-order valence-electron chi connectivity index (χ4n) is 0.591. The maximum atomic E-state index is 10.8. The molecule has 0 amide bonds. The zero-order valence-corrected chi connectivity index (χ0v) is 9.61. The average Bonchev–Trinajstić information content (AvgIpc) is 1.93. The highest BCUT2D eigenvalue weighted by Gasteiger charge is 2.08. The Morgan fingerprint density at radius 2 is 2.23 bits per heavy atom. The van der Waals surface area contributed by atoms with Crippen LogP contribution in [0.3, 0.4) is 0 Å². The van der Waals surface area contributed by atoms with Gasteiger partial charge in [-0.2, -0.15) is 0 Å². The highest BCUT2D eigenvalue weighted by molar-refractivity contribution is 9.10. The number of aromatic nitrogens is 2. The molecule has 0 saturated carbocycles. The maximum absolute atomic E-state index is 10.8. The lowest BCUT2D eigenvalue weighted by molar-refractivity contribution is 0.606. The van der Waals surface area contributed by atoms with Crippen molar-refractivity contribution in [1.29, 1.82) is 0 Å². The largest absolute Gasteiger partial charge is 0.265 e. The third kappa shape index (κ3) is 3.45. The van der Waals surface area contributed by atoms with Gasteiger partial charge in [-0.15, -0.1) is 0 Å². The van der Waals surface area contributed by atoms with Gasteiger partial charge < -0.3 is 0 Å². The first-order valence-corrected chi connectivity index (χ1v) is 6.10. The summed E-state index contributed by atoms with van der Waals surface area (Å²) >= 11 is 8.65. The van der Waals surface area contributed by atoms with Crippen LogP contribution in [0.2, 0.25) is 5.15 Å². The van der Waals surface area contributed by atoms with Gasteiger partial charge in [0.2, 0.25) is 10.0 Å². The second-order valence-electron chi connectivity index (χ2n) is 2.21. The fraction of sp³-hybridized carbons (Fsp3) is 0.200. The van der Waals surface area contributed by atoms with E-state index in [0.29, 0.717) is 4.60 Å². The van der Waals surface area contributed by atoms with E-state index in [0.717, 1.165) is 6.26 Å². The van der Waals surface area contributed by atoms with Gasteiger partial charge in [0.15, 0.2) is 11.0 Å². The van der Waals surface area contributed by atoms with E-state index in [1.807, 2.05) is 0 Å². The van der Waals surface area contributed by atoms with E-state index in [2.05, 4.69) is 30.6 Å². The summed E-state index contributed by atoms with van der Waals surface area (Å²) in [6.07, 6.45) is 2.35. The molecule has 0 fully saturated rings. The Kier molecular flexibility index (Phi) is 3.09. The van der Waals surface area contributed by atoms with E-state index in [9.17, 15) is 8.42 Å². The minimum atomic E-state index is -3.36. The molecule has 72 valence electrons. The molecule has 5 nitrogen and oxygen atoms in total. The predicted molar refractivity (Wildman–Crippen MR) is 53.2 cm³/mol. The second-order valence-corrected chi connectivity index (χ2v) is 5.13. The van der Waals surface area contributed by atoms with Crippen molar-refractivity contribution in [3.63, 3.8) is 0 Å². The molecule has 1 rings (SSSR count). The van der Waals surface area contributed by atoms with E-state index in [-0.39, 0.29) is 11.0 Å². The smallest absolute Gasteiger partial charge is 0.231 e. The van der Waals surface area contributed by atoms with E-state index in [1.165, 1.54) is 6.20 Å². The molecule has 1 heterocycles. The molecule has 0 unspecified atom stereocenters. The Hall–Kier alpha value is -0.400. The van der Waals surface area contributed by atoms with Gasteiger partial charge in [0, 0.05) is 0 Å². The number of hydrogen-bond donors (Lipinski definition) is 1. The standard InChI is InChI=1S/C5H5BrClN3O2S/c1-13(11,12)10-5-4(7)9-3(6)2-8-5/h2H,1H3,(H,8,10). The van der Waals surface area contributed by atoms with Crippen LogP contribution in [0.5, 0.6) is 0 Å². The van der Waals surface area contributed by atoms with Crippen molar-refractivity contribution >= 4 is 43.4 Å². The number of nitrogens with zero attached hydrogens (tertiary/aromatic N) is 2. The van der Waals surface area contributed by atoms with Crippen molar-refractivity contribution in [2.24, 2.45) is 0 Å². The van der Waals surface area contributed by atoms with Crippen molar-refractivity contribution < 1.29 is 8.42 Å². The molecule has 8 heteroatoms. The van der Waals surface area contributed by atoms with Crippen LogP contribution in [0.4, 0.5) is 5.82 Å². The summed E-state index contributed by atoms with van der Waals surface area (Å²) in [6.45, 7) is 0. The van der Waals surface area contributed by atoms with Gasteiger partial charge in [0.05, 0.1) is 12.5 Å². The van der Waals surface area contributed by atoms with E-state index >= 15 is 0 Å². The van der Waals surface area contributed by atoms with Gasteiger partial charge in [0.1, 0.15) is 4.60 Å². The molecule has 0 aliphatic heterocycles. The van der Waals surface area contributed by atoms with Gasteiger partial charge in [0.25, 0.3) is 0 Å². The molecule has 13 heavy (non-hydrogen) atoms. The van der Waals surface area contributed by atoms with Gasteiger partial charge in [-0.25, -0.2) is 18.4 Å². The Balaban J connectivity index is 3.04. The summed E-state index contributed by atoms with van der Waals surface area (Å²) in [5, 5.41) is -0.000185. The molecule has 0 aromatic carbocycles. The maximum Gasteiger partial charge on any atom is 0.231 e. The van der Waals surface area contributed by atoms with Crippen molar-refractivity contribution in [1.82, 2.24) is 9.97 Å². The summed E-state index contributed by atoms with van der Waals surface area (Å²) in [4.78, 5) is 7.48. The summed E-state index contributed by atoms with van der Waals surface area (Å²) in [5.74, 6) is 0.0207. The number of hydrogen-bond acceptors (Lipinski definition) is 4. The van der Waals surface area contributed by atoms with Crippen LogP contribution in [-0.2, 0) is 10.0 Å². The van der Waals surface area contributed by atoms with Crippen molar-refractivity contribution in [2.45, 2.75) is 0 Å². The topological polar surface area (TPSA) is 72.0 Å². The van der Waals surface area contributed by atoms with Crippen LogP contribution >= 0.6 is 27.5 Å². The molecular formula is C5H5BrClN3O2S. The van der Waals surface area contributed by atoms with Gasteiger partial charge >= 0.3 is 0 Å². The Morgan fingerprint density at radius 3 is 2.69 bits per heavy atom. The van der Waals surface area contributed by atoms with Gasteiger partial charge in [-0.05, 0) is 15.9 Å². The van der Waals surface area contributed by atoms with E-state index in [4.69, 9.17) is 11.6 Å². The van der Waals surface area contributed by atoms with Crippen molar-refractivity contribution in [3.05, 3.63) is 16.0 Å². The summed E-state index contributed by atoms with van der Waals surface area (Å²) in [5.41, 5.74) is 0. The zero-order valence-electron chi connectivity index (χ0n) is 6.45. The molecule has 0 bridgehead atoms. The summed E-state index contributed by atoms with van der Waals surface area (Å²) in [6, 6.07) is 0. The molecule has 0 aliphatic carbocycles. The van der Waals surface area contributed by atoms with E-state index < -0.39 is 10.0 Å². The Labute approximate surface area is 88.7 Å². The van der Waals surface area contributed by atoms with Crippen LogP contribution in [0.15, 0.2) is 10.8 Å². The van der Waals surface area contributed by atoms with Gasteiger partial charge in [-0.3, -0.25) is 4.72 Å². The molecule has 1 aromatic rings. The number of nitrogens with one attached hydrogen (secondary N) is 1. The number of sulfonamides is 1. The second kappa shape index (κ2) is 3.77. The zero-order chi connectivity index (χ0) is 10.1. The minimum absolute atomic E-state index is 0.000185. The fourth-order valence-corrected chi connectivity index (χ4v) is 1.72. The SMILES string of the molecule is CS(=O)(=O)Nc1ncc(Br)nc1Cl. The Morgan fingerprint density at radius 1 is 1.62 bits per heavy atom. The van der Waals surface area contributed by atoms with Crippen molar-refractivity contribution in [2.75, 3.05) is 11.0 Å². The molecule has 0 saturated heterocycles. The first-order valence-electron chi connectivity index (χ1n) is 3.04. The monoisotopic (exact) mass is 285 g/mol. The minimum Gasteiger partial charge on any atom is -0.265 e. The Bertz CT molecular complexity index is 422. The third-order valence-electron chi connectivity index (χ3n) is 0.983. The van der Waals surface area contributed by atoms with Crippen LogP contribution in [-0.4, -0.2) is 24.6 Å². The van der Waals surface area contributed by atoms with Crippen LogP contribution in [0, 0.1) is 0 Å². The summed E-state index contributed by atoms with van der Waals surface area (Å²) < 4.78 is 24.1. The first kappa shape index (κ1) is 10.7. The highest BCUT2D eigenvalue weighted by atomic mass is 79.9. The molecule has 0 radical (unpaired) electrons. The third-order valence-corrected chi connectivity index (χ3v) is 2.19. The summed E-state index contributed by atoms with van der Waals surface area (Å²) in [7, 11) is -3.36. The lowest BCUT2D eigenvalue weighted by atomic mass is 10.7. The predicted octanol–water partition coefficient (Wildman–Crippen LogP) is 1.26. The molecule has 1 N–H and O–H groups in total. The average molecular weight is 287 g/mol. The van der Waals surface area contributed by atoms with Crippen LogP contribution < -0.4 is 4.72 Å². The molecule has 0 spiro atoms. The number of anilines is 1. The van der Waals surface area contributed by atoms with Crippen LogP contribution in [0.1, 0.15) is 0 Å². The number of halogens is 2. The van der Waals surface area contributed by atoms with Crippen LogP contribution in [0.25, 0.3) is 0 Å². The lowest BCUT2D eigenvalue weighted by Crippen LogP contribution is -2.11. The first-order chi connectivity index (χ1) is 5.88.